The minimum absolute atomic E-state index is 0.0509. The number of H-pyrrole nitrogens is 1. The van der Waals surface area contributed by atoms with Gasteiger partial charge in [0.25, 0.3) is 11.7 Å². The summed E-state index contributed by atoms with van der Waals surface area (Å²) in [5, 5.41) is 4.08. The first kappa shape index (κ1) is 26.9. The number of hydrogen-bond acceptors (Lipinski definition) is 4. The number of carbonyl (C=O) groups excluding carboxylic acids is 3. The molecule has 0 spiro atoms. The normalized spacial score (nSPS) is 20.4. The molecule has 2 amide bonds. The number of carbonyl (C=O) groups is 3. The van der Waals surface area contributed by atoms with Gasteiger partial charge in [0.1, 0.15) is 6.04 Å². The summed E-state index contributed by atoms with van der Waals surface area (Å²) in [6.45, 7) is 3.52. The van der Waals surface area contributed by atoms with E-state index in [4.69, 9.17) is 0 Å². The van der Waals surface area contributed by atoms with Crippen molar-refractivity contribution in [1.82, 2.24) is 20.1 Å². The lowest BCUT2D eigenvalue weighted by atomic mass is 9.82. The van der Waals surface area contributed by atoms with Gasteiger partial charge in [0.2, 0.25) is 5.91 Å². The molecule has 2 saturated carbocycles. The number of aromatic nitrogens is 1. The number of fused-ring (bicyclic) bond motifs is 1. The second kappa shape index (κ2) is 12.9. The summed E-state index contributed by atoms with van der Waals surface area (Å²) in [5.74, 6) is -1.01. The van der Waals surface area contributed by atoms with Gasteiger partial charge in [-0.15, -0.1) is 0 Å². The largest absolute Gasteiger partial charge is 0.360 e. The van der Waals surface area contributed by atoms with E-state index < -0.39 is 17.7 Å². The highest BCUT2D eigenvalue weighted by Gasteiger charge is 2.40. The molecule has 0 radical (unpaired) electrons. The summed E-state index contributed by atoms with van der Waals surface area (Å²) in [4.78, 5) is 49.0. The molecule has 1 atom stereocenters. The zero-order chi connectivity index (χ0) is 26.3. The van der Waals surface area contributed by atoms with Gasteiger partial charge in [0.05, 0.1) is 5.56 Å². The minimum Gasteiger partial charge on any atom is -0.360 e. The van der Waals surface area contributed by atoms with Crippen LogP contribution < -0.4 is 5.32 Å². The van der Waals surface area contributed by atoms with Crippen LogP contribution in [-0.2, 0) is 9.59 Å². The Morgan fingerprint density at radius 3 is 2.34 bits per heavy atom. The van der Waals surface area contributed by atoms with Gasteiger partial charge in [0.15, 0.2) is 0 Å². The van der Waals surface area contributed by atoms with E-state index in [1.54, 1.807) is 11.1 Å². The minimum atomic E-state index is -0.586. The van der Waals surface area contributed by atoms with Crippen LogP contribution in [0.4, 0.5) is 0 Å². The predicted molar refractivity (Wildman–Crippen MR) is 150 cm³/mol. The molecule has 1 aromatic heterocycles. The average Bonchev–Trinajstić information content (AvgIpc) is 3.63. The maximum Gasteiger partial charge on any atom is 0.295 e. The van der Waals surface area contributed by atoms with Crippen molar-refractivity contribution in [2.75, 3.05) is 26.2 Å². The molecule has 3 fully saturated rings. The Labute approximate surface area is 226 Å². The van der Waals surface area contributed by atoms with Gasteiger partial charge >= 0.3 is 0 Å². The van der Waals surface area contributed by atoms with E-state index in [1.807, 2.05) is 24.3 Å². The molecule has 1 aromatic carbocycles. The van der Waals surface area contributed by atoms with Crippen molar-refractivity contribution in [2.45, 2.75) is 95.6 Å². The molecule has 7 heteroatoms. The molecule has 2 N–H and O–H groups in total. The summed E-state index contributed by atoms with van der Waals surface area (Å²) in [6.07, 6.45) is 15.5. The van der Waals surface area contributed by atoms with Crippen LogP contribution in [0.3, 0.4) is 0 Å². The molecule has 5 rings (SSSR count). The smallest absolute Gasteiger partial charge is 0.295 e. The first-order valence-electron chi connectivity index (χ1n) is 15.1. The Kier molecular flexibility index (Phi) is 9.15. The number of hydrogen-bond donors (Lipinski definition) is 2. The molecule has 2 heterocycles. The maximum absolute atomic E-state index is 14.1. The zero-order valence-corrected chi connectivity index (χ0v) is 22.8. The van der Waals surface area contributed by atoms with E-state index in [0.717, 1.165) is 88.3 Å². The molecule has 3 aliphatic rings. The quantitative estimate of drug-likeness (QED) is 0.339. The van der Waals surface area contributed by atoms with Crippen LogP contribution in [0.2, 0.25) is 0 Å². The van der Waals surface area contributed by atoms with Gasteiger partial charge in [-0.2, -0.15) is 0 Å². The van der Waals surface area contributed by atoms with Crippen LogP contribution in [0, 0.1) is 5.92 Å². The molecule has 1 saturated heterocycles. The van der Waals surface area contributed by atoms with E-state index in [-0.39, 0.29) is 17.9 Å². The number of rotatable bonds is 10. The maximum atomic E-state index is 14.1. The molecule has 1 aliphatic heterocycles. The van der Waals surface area contributed by atoms with Crippen LogP contribution in [0.1, 0.15) is 93.8 Å². The number of amides is 2. The van der Waals surface area contributed by atoms with Crippen molar-refractivity contribution in [2.24, 2.45) is 5.92 Å². The van der Waals surface area contributed by atoms with Crippen molar-refractivity contribution >= 4 is 28.5 Å². The first-order valence-corrected chi connectivity index (χ1v) is 15.1. The van der Waals surface area contributed by atoms with Crippen LogP contribution >= 0.6 is 0 Å². The van der Waals surface area contributed by atoms with Crippen molar-refractivity contribution in [1.29, 1.82) is 0 Å². The third-order valence-electron chi connectivity index (χ3n) is 9.01. The average molecular weight is 521 g/mol. The molecule has 2 aliphatic carbocycles. The molecule has 0 bridgehead atoms. The standard InChI is InChI=1S/C31H44N4O3/c36-29(26-22-32-27-17-8-7-16-25(26)27)31(38)35(21-11-20-34-18-9-10-19-34)28(23-12-3-1-4-13-23)30(37)33-24-14-5-2-6-15-24/h7-8,16-17,22-24,28,32H,1-6,9-15,18-21H2,(H,33,37). The molecule has 38 heavy (non-hydrogen) atoms. The van der Waals surface area contributed by atoms with Gasteiger partial charge in [-0.3, -0.25) is 14.4 Å². The highest BCUT2D eigenvalue weighted by Crippen LogP contribution is 2.31. The lowest BCUT2D eigenvalue weighted by Gasteiger charge is -2.39. The number of benzene rings is 1. The summed E-state index contributed by atoms with van der Waals surface area (Å²) in [6, 6.07) is 7.17. The fourth-order valence-electron chi connectivity index (χ4n) is 6.94. The SMILES string of the molecule is O=C(C(=O)N(CCCN1CCCC1)C(C(=O)NC1CCCCC1)C1CCCCC1)c1c[nH]c2ccccc12. The van der Waals surface area contributed by atoms with Crippen molar-refractivity contribution < 1.29 is 14.4 Å². The van der Waals surface area contributed by atoms with Gasteiger partial charge in [0, 0.05) is 29.7 Å². The number of ketones is 1. The molecule has 2 aromatic rings. The summed E-state index contributed by atoms with van der Waals surface area (Å²) in [5.41, 5.74) is 1.23. The molecular formula is C31H44N4O3. The van der Waals surface area contributed by atoms with Crippen LogP contribution in [-0.4, -0.2) is 70.6 Å². The summed E-state index contributed by atoms with van der Waals surface area (Å²) in [7, 11) is 0. The topological polar surface area (TPSA) is 85.5 Å². The fourth-order valence-corrected chi connectivity index (χ4v) is 6.94. The van der Waals surface area contributed by atoms with Gasteiger partial charge in [-0.25, -0.2) is 0 Å². The van der Waals surface area contributed by atoms with E-state index in [0.29, 0.717) is 12.1 Å². The molecule has 206 valence electrons. The second-order valence-electron chi connectivity index (χ2n) is 11.7. The highest BCUT2D eigenvalue weighted by atomic mass is 16.2. The lowest BCUT2D eigenvalue weighted by Crippen LogP contribution is -2.57. The van der Waals surface area contributed by atoms with E-state index in [2.05, 4.69) is 15.2 Å². The lowest BCUT2D eigenvalue weighted by molar-refractivity contribution is -0.140. The monoisotopic (exact) mass is 520 g/mol. The van der Waals surface area contributed by atoms with Crippen LogP contribution in [0.25, 0.3) is 10.9 Å². The number of likely N-dealkylation sites (tertiary alicyclic amines) is 1. The predicted octanol–water partition coefficient (Wildman–Crippen LogP) is 5.06. The van der Waals surface area contributed by atoms with Crippen molar-refractivity contribution in [3.05, 3.63) is 36.0 Å². The van der Waals surface area contributed by atoms with E-state index in [1.165, 1.54) is 25.7 Å². The van der Waals surface area contributed by atoms with Gasteiger partial charge in [-0.1, -0.05) is 56.7 Å². The van der Waals surface area contributed by atoms with Gasteiger partial charge < -0.3 is 20.1 Å². The van der Waals surface area contributed by atoms with E-state index in [9.17, 15) is 14.4 Å². The third kappa shape index (κ3) is 6.31. The molecular weight excluding hydrogens is 476 g/mol. The summed E-state index contributed by atoms with van der Waals surface area (Å²) >= 11 is 0. The number of para-hydroxylation sites is 1. The third-order valence-corrected chi connectivity index (χ3v) is 9.01. The number of nitrogens with one attached hydrogen (secondary N) is 2. The molecule has 1 unspecified atom stereocenters. The Morgan fingerprint density at radius 1 is 0.921 bits per heavy atom. The molecule has 7 nitrogen and oxygen atoms in total. The zero-order valence-electron chi connectivity index (χ0n) is 22.8. The Hall–Kier alpha value is -2.67. The number of Topliss-reactive ketones (excluding diaryl/α,β-unsaturated/α-hetero) is 1. The Balaban J connectivity index is 1.41. The van der Waals surface area contributed by atoms with Gasteiger partial charge in [-0.05, 0) is 76.6 Å². The number of aromatic amines is 1. The first-order chi connectivity index (χ1) is 18.6. The number of nitrogens with zero attached hydrogens (tertiary/aromatic N) is 2. The fraction of sp³-hybridized carbons (Fsp3) is 0.645. The van der Waals surface area contributed by atoms with Crippen molar-refractivity contribution in [3.63, 3.8) is 0 Å². The van der Waals surface area contributed by atoms with Crippen molar-refractivity contribution in [3.8, 4) is 0 Å². The van der Waals surface area contributed by atoms with Crippen LogP contribution in [0.5, 0.6) is 0 Å². The Bertz CT molecular complexity index is 1090. The second-order valence-corrected chi connectivity index (χ2v) is 11.7. The summed E-state index contributed by atoms with van der Waals surface area (Å²) < 4.78 is 0. The Morgan fingerprint density at radius 2 is 1.61 bits per heavy atom. The highest BCUT2D eigenvalue weighted by molar-refractivity contribution is 6.45. The van der Waals surface area contributed by atoms with Crippen LogP contribution in [0.15, 0.2) is 30.5 Å². The van der Waals surface area contributed by atoms with E-state index >= 15 is 0 Å².